The van der Waals surface area contributed by atoms with Crippen LogP contribution in [0.25, 0.3) is 0 Å². The maximum absolute atomic E-state index is 12.2. The van der Waals surface area contributed by atoms with Crippen LogP contribution in [0, 0.1) is 0 Å². The number of halogens is 3. The van der Waals surface area contributed by atoms with Crippen molar-refractivity contribution in [1.29, 1.82) is 0 Å². The van der Waals surface area contributed by atoms with Crippen molar-refractivity contribution in [2.75, 3.05) is 6.54 Å². The van der Waals surface area contributed by atoms with Crippen LogP contribution in [-0.4, -0.2) is 16.3 Å². The summed E-state index contributed by atoms with van der Waals surface area (Å²) in [7, 11) is 0. The number of alkyl halides is 3. The lowest BCUT2D eigenvalue weighted by Gasteiger charge is -2.11. The van der Waals surface area contributed by atoms with Crippen LogP contribution in [0.1, 0.15) is 31.5 Å². The second-order valence-corrected chi connectivity index (χ2v) is 3.46. The Bertz CT molecular complexity index is 306. The molecule has 2 N–H and O–H groups in total. The maximum Gasteiger partial charge on any atom is 0.435 e. The van der Waals surface area contributed by atoms with Crippen LogP contribution < -0.4 is 5.73 Å². The van der Waals surface area contributed by atoms with Crippen molar-refractivity contribution >= 4 is 0 Å². The predicted molar refractivity (Wildman–Crippen MR) is 50.2 cm³/mol. The van der Waals surface area contributed by atoms with E-state index in [9.17, 15) is 13.2 Å². The van der Waals surface area contributed by atoms with Crippen molar-refractivity contribution in [3.05, 3.63) is 18.0 Å². The van der Waals surface area contributed by atoms with Gasteiger partial charge < -0.3 is 5.73 Å². The Labute approximate surface area is 86.1 Å². The normalized spacial score (nSPS) is 14.2. The third-order valence-electron chi connectivity index (χ3n) is 2.18. The van der Waals surface area contributed by atoms with E-state index in [1.807, 2.05) is 6.92 Å². The molecule has 0 aliphatic heterocycles. The Morgan fingerprint density at radius 1 is 1.53 bits per heavy atom. The van der Waals surface area contributed by atoms with Crippen molar-refractivity contribution in [2.45, 2.75) is 32.0 Å². The second kappa shape index (κ2) is 4.65. The van der Waals surface area contributed by atoms with E-state index in [2.05, 4.69) is 5.10 Å². The zero-order valence-corrected chi connectivity index (χ0v) is 8.46. The Morgan fingerprint density at radius 2 is 2.20 bits per heavy atom. The topological polar surface area (TPSA) is 43.8 Å². The zero-order chi connectivity index (χ0) is 11.5. The highest BCUT2D eigenvalue weighted by molar-refractivity contribution is 5.03. The summed E-state index contributed by atoms with van der Waals surface area (Å²) < 4.78 is 38.0. The van der Waals surface area contributed by atoms with E-state index in [1.54, 1.807) is 0 Å². The lowest BCUT2D eigenvalue weighted by atomic mass is 10.2. The van der Waals surface area contributed by atoms with E-state index < -0.39 is 11.9 Å². The molecule has 1 unspecified atom stereocenters. The molecule has 0 saturated carbocycles. The summed E-state index contributed by atoms with van der Waals surface area (Å²) in [6.45, 7) is 2.36. The van der Waals surface area contributed by atoms with Gasteiger partial charge in [0.25, 0.3) is 0 Å². The van der Waals surface area contributed by atoms with Gasteiger partial charge in [-0.1, -0.05) is 0 Å². The van der Waals surface area contributed by atoms with Crippen molar-refractivity contribution < 1.29 is 13.2 Å². The molecule has 0 radical (unpaired) electrons. The third-order valence-corrected chi connectivity index (χ3v) is 2.18. The minimum absolute atomic E-state index is 0.0513. The number of hydrogen-bond donors (Lipinski definition) is 1. The molecule has 6 heteroatoms. The summed E-state index contributed by atoms with van der Waals surface area (Å²) in [5.41, 5.74) is 4.47. The molecule has 1 rings (SSSR count). The van der Waals surface area contributed by atoms with Crippen molar-refractivity contribution in [3.63, 3.8) is 0 Å². The van der Waals surface area contributed by atoms with E-state index >= 15 is 0 Å². The Morgan fingerprint density at radius 3 is 2.67 bits per heavy atom. The average Bonchev–Trinajstić information content (AvgIpc) is 2.62. The molecule has 0 aliphatic rings. The van der Waals surface area contributed by atoms with Crippen molar-refractivity contribution in [3.8, 4) is 0 Å². The zero-order valence-electron chi connectivity index (χ0n) is 8.46. The Balaban J connectivity index is 2.67. The number of nitrogens with two attached hydrogens (primary N) is 1. The van der Waals surface area contributed by atoms with Crippen LogP contribution in [0.4, 0.5) is 13.2 Å². The van der Waals surface area contributed by atoms with Crippen LogP contribution in [0.2, 0.25) is 0 Å². The minimum atomic E-state index is -4.36. The van der Waals surface area contributed by atoms with Crippen LogP contribution in [-0.2, 0) is 6.18 Å². The number of hydrogen-bond acceptors (Lipinski definition) is 2. The minimum Gasteiger partial charge on any atom is -0.330 e. The fourth-order valence-corrected chi connectivity index (χ4v) is 1.28. The molecule has 0 spiro atoms. The lowest BCUT2D eigenvalue weighted by molar-refractivity contribution is -0.141. The largest absolute Gasteiger partial charge is 0.435 e. The summed E-state index contributed by atoms with van der Waals surface area (Å²) >= 11 is 0. The highest BCUT2D eigenvalue weighted by Gasteiger charge is 2.33. The van der Waals surface area contributed by atoms with Crippen LogP contribution in [0.5, 0.6) is 0 Å². The van der Waals surface area contributed by atoms with Gasteiger partial charge in [-0.3, -0.25) is 4.68 Å². The van der Waals surface area contributed by atoms with Gasteiger partial charge in [0, 0.05) is 12.2 Å². The molecule has 0 fully saturated rings. The predicted octanol–water partition coefficient (Wildman–Crippen LogP) is 2.20. The van der Waals surface area contributed by atoms with Gasteiger partial charge in [0.1, 0.15) is 0 Å². The highest BCUT2D eigenvalue weighted by Crippen LogP contribution is 2.28. The fourth-order valence-electron chi connectivity index (χ4n) is 1.28. The van der Waals surface area contributed by atoms with E-state index in [-0.39, 0.29) is 6.04 Å². The van der Waals surface area contributed by atoms with Gasteiger partial charge in [-0.2, -0.15) is 18.3 Å². The van der Waals surface area contributed by atoms with Gasteiger partial charge in [-0.25, -0.2) is 0 Å². The standard InChI is InChI=1S/C9H14F3N3/c1-7(3-2-5-13)15-6-4-8(14-15)9(10,11)12/h4,6-7H,2-3,5,13H2,1H3. The molecule has 0 bridgehead atoms. The first-order valence-electron chi connectivity index (χ1n) is 4.77. The molecule has 1 atom stereocenters. The highest BCUT2D eigenvalue weighted by atomic mass is 19.4. The number of nitrogens with zero attached hydrogens (tertiary/aromatic N) is 2. The third kappa shape index (κ3) is 3.23. The Kier molecular flexibility index (Phi) is 3.73. The first-order chi connectivity index (χ1) is 6.95. The summed E-state index contributed by atoms with van der Waals surface area (Å²) in [6.07, 6.45) is -1.50. The van der Waals surface area contributed by atoms with Gasteiger partial charge in [-0.15, -0.1) is 0 Å². The molecule has 1 aromatic rings. The quantitative estimate of drug-likeness (QED) is 0.847. The molecule has 0 aliphatic carbocycles. The van der Waals surface area contributed by atoms with Crippen LogP contribution in [0.3, 0.4) is 0 Å². The summed E-state index contributed by atoms with van der Waals surface area (Å²) in [4.78, 5) is 0. The van der Waals surface area contributed by atoms with Gasteiger partial charge in [0.15, 0.2) is 5.69 Å². The van der Waals surface area contributed by atoms with Crippen molar-refractivity contribution in [2.24, 2.45) is 5.73 Å². The molecule has 0 aromatic carbocycles. The lowest BCUT2D eigenvalue weighted by Crippen LogP contribution is -2.11. The van der Waals surface area contributed by atoms with Crippen LogP contribution >= 0.6 is 0 Å². The summed E-state index contributed by atoms with van der Waals surface area (Å²) in [5, 5.41) is 3.49. The molecule has 15 heavy (non-hydrogen) atoms. The van der Waals surface area contributed by atoms with E-state index in [4.69, 9.17) is 5.73 Å². The molecular formula is C9H14F3N3. The first kappa shape index (κ1) is 12.0. The smallest absolute Gasteiger partial charge is 0.330 e. The first-order valence-corrected chi connectivity index (χ1v) is 4.77. The maximum atomic E-state index is 12.2. The van der Waals surface area contributed by atoms with Gasteiger partial charge in [-0.05, 0) is 32.4 Å². The Hall–Kier alpha value is -1.04. The second-order valence-electron chi connectivity index (χ2n) is 3.46. The summed E-state index contributed by atoms with van der Waals surface area (Å²) in [5.74, 6) is 0. The number of rotatable bonds is 4. The molecule has 0 saturated heterocycles. The molecule has 0 amide bonds. The fraction of sp³-hybridized carbons (Fsp3) is 0.667. The molecule has 3 nitrogen and oxygen atoms in total. The monoisotopic (exact) mass is 221 g/mol. The van der Waals surface area contributed by atoms with Gasteiger partial charge >= 0.3 is 6.18 Å². The van der Waals surface area contributed by atoms with E-state index in [0.717, 1.165) is 18.9 Å². The van der Waals surface area contributed by atoms with E-state index in [1.165, 1.54) is 10.9 Å². The van der Waals surface area contributed by atoms with E-state index in [0.29, 0.717) is 6.54 Å². The number of aromatic nitrogens is 2. The van der Waals surface area contributed by atoms with Gasteiger partial charge in [0.05, 0.1) is 0 Å². The molecule has 86 valence electrons. The SMILES string of the molecule is CC(CCCN)n1ccc(C(F)(F)F)n1. The van der Waals surface area contributed by atoms with Gasteiger partial charge in [0.2, 0.25) is 0 Å². The average molecular weight is 221 g/mol. The molecule has 1 aromatic heterocycles. The molecular weight excluding hydrogens is 207 g/mol. The summed E-state index contributed by atoms with van der Waals surface area (Å²) in [6, 6.07) is 0.934. The molecule has 1 heterocycles. The van der Waals surface area contributed by atoms with Crippen molar-refractivity contribution in [1.82, 2.24) is 9.78 Å². The van der Waals surface area contributed by atoms with Crippen LogP contribution in [0.15, 0.2) is 12.3 Å².